The third-order valence-electron chi connectivity index (χ3n) is 6.62. The Morgan fingerprint density at radius 3 is 2.02 bits per heavy atom. The first-order chi connectivity index (χ1) is 20.1. The van der Waals surface area contributed by atoms with Gasteiger partial charge in [-0.1, -0.05) is 102 Å². The molecular formula is C31H28Cl3N3O4S. The fraction of sp³-hybridized carbons (Fsp3) is 0.161. The van der Waals surface area contributed by atoms with Crippen LogP contribution in [0.2, 0.25) is 15.1 Å². The summed E-state index contributed by atoms with van der Waals surface area (Å²) in [6, 6.07) is 27.3. The summed E-state index contributed by atoms with van der Waals surface area (Å²) < 4.78 is 28.8. The number of amides is 2. The van der Waals surface area contributed by atoms with Gasteiger partial charge in [0.25, 0.3) is 10.0 Å². The summed E-state index contributed by atoms with van der Waals surface area (Å²) in [5, 5.41) is 3.40. The van der Waals surface area contributed by atoms with Gasteiger partial charge in [-0.05, 0) is 47.5 Å². The van der Waals surface area contributed by atoms with Gasteiger partial charge >= 0.3 is 0 Å². The van der Waals surface area contributed by atoms with Crippen molar-refractivity contribution in [2.45, 2.75) is 23.9 Å². The number of halogens is 3. The molecular weight excluding hydrogens is 617 g/mol. The summed E-state index contributed by atoms with van der Waals surface area (Å²) in [7, 11) is -2.76. The third kappa shape index (κ3) is 7.44. The molecule has 0 heterocycles. The second kappa shape index (κ2) is 14.1. The van der Waals surface area contributed by atoms with Crippen LogP contribution in [-0.2, 0) is 32.6 Å². The van der Waals surface area contributed by atoms with E-state index in [2.05, 4.69) is 5.32 Å². The number of hydrogen-bond acceptors (Lipinski definition) is 4. The summed E-state index contributed by atoms with van der Waals surface area (Å²) in [6.07, 6.45) is 0.189. The Morgan fingerprint density at radius 2 is 1.40 bits per heavy atom. The lowest BCUT2D eigenvalue weighted by Crippen LogP contribution is -2.53. The van der Waals surface area contributed by atoms with Crippen molar-refractivity contribution in [3.63, 3.8) is 0 Å². The molecule has 0 aromatic heterocycles. The predicted octanol–water partition coefficient (Wildman–Crippen LogP) is 6.23. The molecule has 0 saturated carbocycles. The molecule has 0 radical (unpaired) electrons. The van der Waals surface area contributed by atoms with Crippen molar-refractivity contribution in [3.05, 3.63) is 129 Å². The van der Waals surface area contributed by atoms with Gasteiger partial charge in [0, 0.05) is 25.0 Å². The molecule has 7 nitrogen and oxygen atoms in total. The van der Waals surface area contributed by atoms with E-state index in [1.807, 2.05) is 30.3 Å². The van der Waals surface area contributed by atoms with Crippen molar-refractivity contribution >= 4 is 62.3 Å². The molecule has 2 amide bonds. The number of hydrogen-bond donors (Lipinski definition) is 1. The number of carbonyl (C=O) groups excluding carboxylic acids is 2. The zero-order valence-electron chi connectivity index (χ0n) is 22.6. The minimum Gasteiger partial charge on any atom is -0.357 e. The van der Waals surface area contributed by atoms with E-state index in [1.165, 1.54) is 42.3 Å². The number of rotatable bonds is 11. The summed E-state index contributed by atoms with van der Waals surface area (Å²) >= 11 is 18.8. The Kier molecular flexibility index (Phi) is 10.5. The molecule has 11 heteroatoms. The quantitative estimate of drug-likeness (QED) is 0.210. The third-order valence-corrected chi connectivity index (χ3v) is 9.51. The van der Waals surface area contributed by atoms with Crippen LogP contribution in [0.25, 0.3) is 0 Å². The predicted molar refractivity (Wildman–Crippen MR) is 167 cm³/mol. The Hall–Kier alpha value is -3.56. The maximum Gasteiger partial charge on any atom is 0.264 e. The van der Waals surface area contributed by atoms with Crippen LogP contribution in [0, 0.1) is 0 Å². The monoisotopic (exact) mass is 643 g/mol. The molecule has 0 aliphatic carbocycles. The van der Waals surface area contributed by atoms with E-state index in [9.17, 15) is 18.0 Å². The number of anilines is 1. The van der Waals surface area contributed by atoms with Gasteiger partial charge in [-0.15, -0.1) is 0 Å². The van der Waals surface area contributed by atoms with Gasteiger partial charge in [0.15, 0.2) is 0 Å². The molecule has 1 atom stereocenters. The number of carbonyl (C=O) groups is 2. The number of likely N-dealkylation sites (N-methyl/N-ethyl adjacent to an activating group) is 1. The van der Waals surface area contributed by atoms with Gasteiger partial charge in [0.05, 0.1) is 20.6 Å². The highest BCUT2D eigenvalue weighted by molar-refractivity contribution is 7.92. The Balaban J connectivity index is 1.81. The highest BCUT2D eigenvalue weighted by Gasteiger charge is 2.34. The number of nitrogens with zero attached hydrogens (tertiary/aromatic N) is 2. The van der Waals surface area contributed by atoms with Crippen LogP contribution < -0.4 is 9.62 Å². The molecule has 0 spiro atoms. The Labute approximate surface area is 260 Å². The van der Waals surface area contributed by atoms with Crippen LogP contribution in [0.4, 0.5) is 5.69 Å². The Bertz CT molecular complexity index is 1650. The second-order valence-corrected chi connectivity index (χ2v) is 12.4. The van der Waals surface area contributed by atoms with Gasteiger partial charge < -0.3 is 10.2 Å². The summed E-state index contributed by atoms with van der Waals surface area (Å²) in [5.41, 5.74) is 1.56. The van der Waals surface area contributed by atoms with Crippen LogP contribution in [0.15, 0.2) is 108 Å². The van der Waals surface area contributed by atoms with Gasteiger partial charge in [-0.25, -0.2) is 8.42 Å². The number of benzene rings is 4. The van der Waals surface area contributed by atoms with E-state index in [4.69, 9.17) is 34.8 Å². The van der Waals surface area contributed by atoms with E-state index in [-0.39, 0.29) is 33.6 Å². The van der Waals surface area contributed by atoms with E-state index >= 15 is 0 Å². The van der Waals surface area contributed by atoms with Crippen molar-refractivity contribution in [2.75, 3.05) is 17.9 Å². The largest absolute Gasteiger partial charge is 0.357 e. The summed E-state index contributed by atoms with van der Waals surface area (Å²) in [5.74, 6) is -1.03. The summed E-state index contributed by atoms with van der Waals surface area (Å²) in [6.45, 7) is -0.661. The molecule has 0 fully saturated rings. The normalized spacial score (nSPS) is 11.9. The van der Waals surface area contributed by atoms with Crippen molar-refractivity contribution in [2.24, 2.45) is 0 Å². The Morgan fingerprint density at radius 1 is 0.786 bits per heavy atom. The fourth-order valence-electron chi connectivity index (χ4n) is 4.42. The van der Waals surface area contributed by atoms with E-state index in [0.717, 1.165) is 9.87 Å². The standard InChI is InChI=1S/C31H28Cl3N3O4S/c1-35-31(39)29(18-22-10-4-2-5-11-22)36(20-23-12-8-9-15-26(23)32)30(38)21-37(24-16-17-27(33)28(34)19-24)42(40,41)25-13-6-3-7-14-25/h2-17,19,29H,18,20-21H2,1H3,(H,35,39). The first-order valence-corrected chi connectivity index (χ1v) is 15.5. The molecule has 218 valence electrons. The average molecular weight is 645 g/mol. The SMILES string of the molecule is CNC(=O)C(Cc1ccccc1)N(Cc1ccccc1Cl)C(=O)CN(c1ccc(Cl)c(Cl)c1)S(=O)(=O)c1ccccc1. The lowest BCUT2D eigenvalue weighted by Gasteiger charge is -2.33. The molecule has 4 aromatic carbocycles. The molecule has 4 rings (SSSR count). The minimum absolute atomic E-state index is 0.0198. The van der Waals surface area contributed by atoms with Gasteiger partial charge in [-0.3, -0.25) is 13.9 Å². The minimum atomic E-state index is -4.25. The highest BCUT2D eigenvalue weighted by Crippen LogP contribution is 2.31. The van der Waals surface area contributed by atoms with Gasteiger partial charge in [0.1, 0.15) is 12.6 Å². The molecule has 1 N–H and O–H groups in total. The topological polar surface area (TPSA) is 86.8 Å². The molecule has 4 aromatic rings. The second-order valence-electron chi connectivity index (χ2n) is 9.36. The zero-order valence-corrected chi connectivity index (χ0v) is 25.7. The lowest BCUT2D eigenvalue weighted by molar-refractivity contribution is -0.139. The van der Waals surface area contributed by atoms with Gasteiger partial charge in [-0.2, -0.15) is 0 Å². The van der Waals surface area contributed by atoms with Crippen molar-refractivity contribution in [1.82, 2.24) is 10.2 Å². The zero-order chi connectivity index (χ0) is 30.3. The van der Waals surface area contributed by atoms with Crippen LogP contribution in [0.3, 0.4) is 0 Å². The molecule has 1 unspecified atom stereocenters. The first kappa shape index (κ1) is 31.4. The van der Waals surface area contributed by atoms with E-state index in [1.54, 1.807) is 42.5 Å². The van der Waals surface area contributed by atoms with Gasteiger partial charge in [0.2, 0.25) is 11.8 Å². The van der Waals surface area contributed by atoms with Crippen LogP contribution in [0.1, 0.15) is 11.1 Å². The molecule has 0 saturated heterocycles. The molecule has 0 aliphatic rings. The smallest absolute Gasteiger partial charge is 0.264 e. The van der Waals surface area contributed by atoms with Crippen LogP contribution >= 0.6 is 34.8 Å². The van der Waals surface area contributed by atoms with Crippen LogP contribution in [0.5, 0.6) is 0 Å². The van der Waals surface area contributed by atoms with Crippen molar-refractivity contribution in [1.29, 1.82) is 0 Å². The fourth-order valence-corrected chi connectivity index (χ4v) is 6.33. The highest BCUT2D eigenvalue weighted by atomic mass is 35.5. The van der Waals surface area contributed by atoms with Crippen molar-refractivity contribution in [3.8, 4) is 0 Å². The maximum atomic E-state index is 14.3. The average Bonchev–Trinajstić information content (AvgIpc) is 3.00. The molecule has 42 heavy (non-hydrogen) atoms. The first-order valence-electron chi connectivity index (χ1n) is 12.9. The van der Waals surface area contributed by atoms with E-state index < -0.39 is 34.4 Å². The molecule has 0 bridgehead atoms. The number of nitrogens with one attached hydrogen (secondary N) is 1. The van der Waals surface area contributed by atoms with Crippen LogP contribution in [-0.4, -0.2) is 44.8 Å². The summed E-state index contributed by atoms with van der Waals surface area (Å²) in [4.78, 5) is 28.9. The van der Waals surface area contributed by atoms with Crippen molar-refractivity contribution < 1.29 is 18.0 Å². The molecule has 0 aliphatic heterocycles. The number of sulfonamides is 1. The lowest BCUT2D eigenvalue weighted by atomic mass is 10.0. The van der Waals surface area contributed by atoms with E-state index in [0.29, 0.717) is 10.6 Å². The maximum absolute atomic E-state index is 14.3.